The third-order valence-electron chi connectivity index (χ3n) is 2.34. The van der Waals surface area contributed by atoms with E-state index in [1.165, 1.54) is 14.1 Å². The summed E-state index contributed by atoms with van der Waals surface area (Å²) in [6.07, 6.45) is -4.43. The van der Waals surface area contributed by atoms with Crippen LogP contribution in [0.2, 0.25) is 0 Å². The molecule has 8 heteroatoms. The standard InChI is InChI=1S/C7H12F3NO2S2/c1-11(2)15(12,13)6-4-14-3-5(6)7(8,9)10/h5-6H,3-4H2,1-2H3/t5-,6-/m1/s1. The van der Waals surface area contributed by atoms with Gasteiger partial charge in [-0.1, -0.05) is 0 Å². The number of sulfonamides is 1. The van der Waals surface area contributed by atoms with Crippen LogP contribution in [-0.4, -0.2) is 49.8 Å². The van der Waals surface area contributed by atoms with Gasteiger partial charge >= 0.3 is 6.18 Å². The molecule has 0 saturated carbocycles. The van der Waals surface area contributed by atoms with E-state index in [1.807, 2.05) is 0 Å². The number of rotatable bonds is 2. The molecular formula is C7H12F3NO2S2. The zero-order valence-corrected chi connectivity index (χ0v) is 9.92. The monoisotopic (exact) mass is 263 g/mol. The lowest BCUT2D eigenvalue weighted by molar-refractivity contribution is -0.166. The van der Waals surface area contributed by atoms with Crippen LogP contribution in [-0.2, 0) is 10.0 Å². The van der Waals surface area contributed by atoms with E-state index in [0.29, 0.717) is 0 Å². The zero-order chi connectivity index (χ0) is 11.9. The van der Waals surface area contributed by atoms with E-state index in [4.69, 9.17) is 0 Å². The molecule has 0 spiro atoms. The predicted molar refractivity (Wildman–Crippen MR) is 53.3 cm³/mol. The number of hydrogen-bond donors (Lipinski definition) is 0. The molecule has 90 valence electrons. The molecule has 0 aromatic rings. The van der Waals surface area contributed by atoms with Crippen LogP contribution in [0.3, 0.4) is 0 Å². The number of halogens is 3. The fraction of sp³-hybridized carbons (Fsp3) is 1.00. The molecule has 1 aliphatic heterocycles. The number of alkyl halides is 3. The Balaban J connectivity index is 2.97. The Bertz CT molecular complexity index is 326. The topological polar surface area (TPSA) is 37.4 Å². The molecule has 0 aliphatic carbocycles. The number of nitrogens with zero attached hydrogens (tertiary/aromatic N) is 1. The van der Waals surface area contributed by atoms with Gasteiger partial charge in [0.25, 0.3) is 0 Å². The smallest absolute Gasteiger partial charge is 0.212 e. The van der Waals surface area contributed by atoms with Crippen molar-refractivity contribution in [2.45, 2.75) is 11.4 Å². The fourth-order valence-electron chi connectivity index (χ4n) is 1.40. The Hall–Kier alpha value is 0.0500. The first-order valence-electron chi connectivity index (χ1n) is 4.23. The van der Waals surface area contributed by atoms with E-state index in [0.717, 1.165) is 16.1 Å². The van der Waals surface area contributed by atoms with E-state index in [-0.39, 0.29) is 11.5 Å². The molecule has 3 nitrogen and oxygen atoms in total. The number of thioether (sulfide) groups is 1. The SMILES string of the molecule is CN(C)S(=O)(=O)[C@@H]1CSC[C@H]1C(F)(F)F. The molecule has 1 fully saturated rings. The average Bonchev–Trinajstić information content (AvgIpc) is 2.49. The van der Waals surface area contributed by atoms with Crippen molar-refractivity contribution >= 4 is 21.8 Å². The van der Waals surface area contributed by atoms with Crippen molar-refractivity contribution in [2.24, 2.45) is 5.92 Å². The summed E-state index contributed by atoms with van der Waals surface area (Å²) in [5.74, 6) is -1.89. The van der Waals surface area contributed by atoms with Crippen LogP contribution in [0.4, 0.5) is 13.2 Å². The van der Waals surface area contributed by atoms with Gasteiger partial charge in [-0.25, -0.2) is 12.7 Å². The molecule has 0 unspecified atom stereocenters. The van der Waals surface area contributed by atoms with Crippen LogP contribution in [0, 0.1) is 5.92 Å². The van der Waals surface area contributed by atoms with E-state index < -0.39 is 27.4 Å². The second kappa shape index (κ2) is 4.14. The van der Waals surface area contributed by atoms with Crippen LogP contribution >= 0.6 is 11.8 Å². The van der Waals surface area contributed by atoms with Crippen molar-refractivity contribution < 1.29 is 21.6 Å². The predicted octanol–water partition coefficient (Wildman–Crippen LogP) is 1.17. The second-order valence-electron chi connectivity index (χ2n) is 3.55. The lowest BCUT2D eigenvalue weighted by atomic mass is 10.1. The first-order chi connectivity index (χ1) is 6.67. The normalized spacial score (nSPS) is 28.7. The molecule has 1 rings (SSSR count). The summed E-state index contributed by atoms with van der Waals surface area (Å²) < 4.78 is 61.6. The van der Waals surface area contributed by atoms with E-state index in [9.17, 15) is 21.6 Å². The molecule has 15 heavy (non-hydrogen) atoms. The zero-order valence-electron chi connectivity index (χ0n) is 8.28. The quantitative estimate of drug-likeness (QED) is 0.750. The Morgan fingerprint density at radius 1 is 1.27 bits per heavy atom. The van der Waals surface area contributed by atoms with Crippen molar-refractivity contribution in [3.63, 3.8) is 0 Å². The van der Waals surface area contributed by atoms with Gasteiger partial charge in [-0.15, -0.1) is 0 Å². The van der Waals surface area contributed by atoms with Gasteiger partial charge in [-0.2, -0.15) is 24.9 Å². The maximum absolute atomic E-state index is 12.5. The molecule has 1 saturated heterocycles. The third-order valence-corrected chi connectivity index (χ3v) is 6.02. The van der Waals surface area contributed by atoms with E-state index >= 15 is 0 Å². The van der Waals surface area contributed by atoms with Gasteiger partial charge in [0, 0.05) is 25.6 Å². The maximum Gasteiger partial charge on any atom is 0.393 e. The van der Waals surface area contributed by atoms with Gasteiger partial charge < -0.3 is 0 Å². The molecule has 1 heterocycles. The lowest BCUT2D eigenvalue weighted by Crippen LogP contribution is -2.43. The van der Waals surface area contributed by atoms with Crippen molar-refractivity contribution in [3.05, 3.63) is 0 Å². The van der Waals surface area contributed by atoms with Crippen molar-refractivity contribution in [1.82, 2.24) is 4.31 Å². The third kappa shape index (κ3) is 2.59. The average molecular weight is 263 g/mol. The summed E-state index contributed by atoms with van der Waals surface area (Å²) in [5, 5.41) is -1.34. The summed E-state index contributed by atoms with van der Waals surface area (Å²) in [7, 11) is -1.31. The molecule has 1 aliphatic rings. The van der Waals surface area contributed by atoms with Crippen LogP contribution in [0.15, 0.2) is 0 Å². The Labute approximate surface area is 91.1 Å². The highest BCUT2D eigenvalue weighted by Crippen LogP contribution is 2.41. The molecule has 0 amide bonds. The summed E-state index contributed by atoms with van der Waals surface area (Å²) in [6.45, 7) is 0. The van der Waals surface area contributed by atoms with Crippen LogP contribution < -0.4 is 0 Å². The minimum Gasteiger partial charge on any atom is -0.212 e. The van der Waals surface area contributed by atoms with E-state index in [1.54, 1.807) is 0 Å². The van der Waals surface area contributed by atoms with Gasteiger partial charge in [0.15, 0.2) is 0 Å². The van der Waals surface area contributed by atoms with Gasteiger partial charge in [0.05, 0.1) is 11.2 Å². The Morgan fingerprint density at radius 2 is 1.80 bits per heavy atom. The Kier molecular flexibility index (Phi) is 3.62. The van der Waals surface area contributed by atoms with Gasteiger partial charge in [-0.05, 0) is 0 Å². The highest BCUT2D eigenvalue weighted by atomic mass is 32.2. The van der Waals surface area contributed by atoms with Crippen LogP contribution in [0.5, 0.6) is 0 Å². The minimum atomic E-state index is -4.43. The summed E-state index contributed by atoms with van der Waals surface area (Å²) in [4.78, 5) is 0. The van der Waals surface area contributed by atoms with Gasteiger partial charge in [0.2, 0.25) is 10.0 Å². The van der Waals surface area contributed by atoms with Crippen molar-refractivity contribution in [1.29, 1.82) is 0 Å². The van der Waals surface area contributed by atoms with Crippen molar-refractivity contribution in [3.8, 4) is 0 Å². The molecule has 0 N–H and O–H groups in total. The largest absolute Gasteiger partial charge is 0.393 e. The first-order valence-corrected chi connectivity index (χ1v) is 6.89. The summed E-state index contributed by atoms with van der Waals surface area (Å²) in [6, 6.07) is 0. The summed E-state index contributed by atoms with van der Waals surface area (Å²) in [5.41, 5.74) is 0. The number of hydrogen-bond acceptors (Lipinski definition) is 3. The fourth-order valence-corrected chi connectivity index (χ4v) is 4.99. The highest BCUT2D eigenvalue weighted by molar-refractivity contribution is 8.01. The van der Waals surface area contributed by atoms with Gasteiger partial charge in [-0.3, -0.25) is 0 Å². The molecule has 0 radical (unpaired) electrons. The molecule has 0 aromatic carbocycles. The van der Waals surface area contributed by atoms with Crippen LogP contribution in [0.1, 0.15) is 0 Å². The van der Waals surface area contributed by atoms with Crippen LogP contribution in [0.25, 0.3) is 0 Å². The maximum atomic E-state index is 12.5. The second-order valence-corrected chi connectivity index (χ2v) is 6.99. The van der Waals surface area contributed by atoms with Crippen molar-refractivity contribution in [2.75, 3.05) is 25.6 Å². The van der Waals surface area contributed by atoms with Gasteiger partial charge in [0.1, 0.15) is 0 Å². The first kappa shape index (κ1) is 13.1. The highest BCUT2D eigenvalue weighted by Gasteiger charge is 2.52. The van der Waals surface area contributed by atoms with E-state index in [2.05, 4.69) is 0 Å². The Morgan fingerprint density at radius 3 is 2.20 bits per heavy atom. The molecule has 0 aromatic heterocycles. The minimum absolute atomic E-state index is 0.0185. The summed E-state index contributed by atoms with van der Waals surface area (Å²) >= 11 is 1.04. The lowest BCUT2D eigenvalue weighted by Gasteiger charge is -2.24. The molecule has 2 atom stereocenters. The molecular weight excluding hydrogens is 251 g/mol. The molecule has 0 bridgehead atoms.